The van der Waals surface area contributed by atoms with E-state index in [1.807, 2.05) is 23.9 Å². The number of aliphatic hydroxyl groups excluding tert-OH is 1. The lowest BCUT2D eigenvalue weighted by Gasteiger charge is -2.22. The molecule has 1 aromatic carbocycles. The Morgan fingerprint density at radius 2 is 1.91 bits per heavy atom. The van der Waals surface area contributed by atoms with E-state index < -0.39 is 11.5 Å². The lowest BCUT2D eigenvalue weighted by Crippen LogP contribution is -2.32. The number of fused-ring (bicyclic) bond motifs is 1. The quantitative estimate of drug-likeness (QED) is 0.466. The molecule has 9 heteroatoms. The highest BCUT2D eigenvalue weighted by Crippen LogP contribution is 2.61. The van der Waals surface area contributed by atoms with Crippen molar-refractivity contribution < 1.29 is 14.6 Å². The number of rotatable bonds is 9. The van der Waals surface area contributed by atoms with Crippen LogP contribution in [0.25, 0.3) is 11.0 Å². The van der Waals surface area contributed by atoms with Crippen LogP contribution < -0.4 is 15.6 Å². The number of aliphatic hydroxyl groups is 1. The molecule has 2 aromatic heterocycles. The zero-order chi connectivity index (χ0) is 23.9. The number of carbonyl (C=O) groups excluding carboxylic acids is 1. The van der Waals surface area contributed by atoms with Gasteiger partial charge < -0.3 is 19.7 Å². The zero-order valence-electron chi connectivity index (χ0n) is 18.8. The van der Waals surface area contributed by atoms with Crippen molar-refractivity contribution in [3.63, 3.8) is 0 Å². The number of aryl methyl sites for hydroxylation is 1. The van der Waals surface area contributed by atoms with Gasteiger partial charge in [-0.2, -0.15) is 0 Å². The van der Waals surface area contributed by atoms with E-state index in [-0.39, 0.29) is 28.2 Å². The minimum Gasteiger partial charge on any atom is -0.490 e. The number of benzene rings is 1. The highest BCUT2D eigenvalue weighted by Gasteiger charge is 2.55. The van der Waals surface area contributed by atoms with Crippen molar-refractivity contribution in [2.45, 2.75) is 41.7 Å². The van der Waals surface area contributed by atoms with E-state index in [9.17, 15) is 14.7 Å². The van der Waals surface area contributed by atoms with E-state index in [0.29, 0.717) is 28.4 Å². The Morgan fingerprint density at radius 3 is 2.56 bits per heavy atom. The van der Waals surface area contributed by atoms with E-state index in [2.05, 4.69) is 10.3 Å². The molecule has 2 heterocycles. The van der Waals surface area contributed by atoms with E-state index >= 15 is 0 Å². The first-order valence-electron chi connectivity index (χ1n) is 11.3. The smallest absolute Gasteiger partial charge is 0.263 e. The summed E-state index contributed by atoms with van der Waals surface area (Å²) < 4.78 is 7.65. The third kappa shape index (κ3) is 4.67. The molecule has 2 saturated carbocycles. The van der Waals surface area contributed by atoms with Gasteiger partial charge in [0, 0.05) is 35.6 Å². The first-order chi connectivity index (χ1) is 16.3. The number of amides is 1. The maximum absolute atomic E-state index is 13.1. The second kappa shape index (κ2) is 8.91. The molecule has 2 aliphatic carbocycles. The molecule has 0 atom stereocenters. The van der Waals surface area contributed by atoms with Gasteiger partial charge in [-0.25, -0.2) is 0 Å². The Morgan fingerprint density at radius 1 is 1.21 bits per heavy atom. The van der Waals surface area contributed by atoms with Gasteiger partial charge in [0.05, 0.1) is 16.9 Å². The average molecular weight is 500 g/mol. The fourth-order valence-electron chi connectivity index (χ4n) is 4.05. The molecule has 34 heavy (non-hydrogen) atoms. The molecule has 3 aromatic rings. The zero-order valence-corrected chi connectivity index (χ0v) is 20.4. The average Bonchev–Trinajstić information content (AvgIpc) is 3.78. The molecule has 1 amide bonds. The number of hydrogen-bond donors (Lipinski definition) is 2. The number of halogens is 1. The van der Waals surface area contributed by atoms with Crippen LogP contribution in [0.2, 0.25) is 5.02 Å². The Bertz CT molecular complexity index is 1300. The van der Waals surface area contributed by atoms with Crippen molar-refractivity contribution in [2.24, 2.45) is 7.05 Å². The number of carbonyl (C=O) groups is 1. The number of aromatic nitrogens is 2. The lowest BCUT2D eigenvalue weighted by atomic mass is 10.2. The van der Waals surface area contributed by atoms with Crippen molar-refractivity contribution in [3.05, 3.63) is 69.1 Å². The Labute approximate surface area is 206 Å². The molecule has 0 unspecified atom stereocenters. The predicted molar refractivity (Wildman–Crippen MR) is 134 cm³/mol. The summed E-state index contributed by atoms with van der Waals surface area (Å²) in [6.07, 6.45) is 5.83. The predicted octanol–water partition coefficient (Wildman–Crippen LogP) is 3.69. The van der Waals surface area contributed by atoms with Crippen LogP contribution in [-0.4, -0.2) is 43.3 Å². The van der Waals surface area contributed by atoms with Crippen molar-refractivity contribution in [2.75, 3.05) is 13.2 Å². The molecule has 2 fully saturated rings. The van der Waals surface area contributed by atoms with Gasteiger partial charge in [-0.3, -0.25) is 14.6 Å². The molecular weight excluding hydrogens is 474 g/mol. The van der Waals surface area contributed by atoms with Gasteiger partial charge in [-0.1, -0.05) is 23.7 Å². The number of hydrogen-bond acceptors (Lipinski definition) is 6. The fourth-order valence-corrected chi connectivity index (χ4v) is 5.89. The van der Waals surface area contributed by atoms with Crippen molar-refractivity contribution in [1.29, 1.82) is 0 Å². The van der Waals surface area contributed by atoms with Gasteiger partial charge in [-0.05, 0) is 49.4 Å². The highest BCUT2D eigenvalue weighted by atomic mass is 35.5. The molecule has 5 rings (SSSR count). The molecular formula is C25H26ClN3O4S. The molecule has 178 valence electrons. The van der Waals surface area contributed by atoms with Gasteiger partial charge in [-0.15, -0.1) is 11.8 Å². The number of nitrogens with one attached hydrogen (secondary N) is 1. The topological polar surface area (TPSA) is 93.5 Å². The van der Waals surface area contributed by atoms with E-state index in [0.717, 1.165) is 31.2 Å². The van der Waals surface area contributed by atoms with Crippen LogP contribution in [0.4, 0.5) is 0 Å². The lowest BCUT2D eigenvalue weighted by molar-refractivity contribution is 0.0949. The van der Waals surface area contributed by atoms with E-state index in [4.69, 9.17) is 16.3 Å². The largest absolute Gasteiger partial charge is 0.490 e. The summed E-state index contributed by atoms with van der Waals surface area (Å²) in [4.78, 5) is 30.2. The Kier molecular flexibility index (Phi) is 6.08. The van der Waals surface area contributed by atoms with Crippen LogP contribution in [0.1, 0.15) is 41.6 Å². The third-order valence-electron chi connectivity index (χ3n) is 6.51. The minimum atomic E-state index is -0.461. The Balaban J connectivity index is 1.34. The molecule has 2 N–H and O–H groups in total. The number of nitrogens with zero attached hydrogens (tertiary/aromatic N) is 2. The molecule has 7 nitrogen and oxygen atoms in total. The second-order valence-corrected chi connectivity index (χ2v) is 11.6. The summed E-state index contributed by atoms with van der Waals surface area (Å²) in [6, 6.07) is 10.4. The number of pyridine rings is 2. The highest BCUT2D eigenvalue weighted by molar-refractivity contribution is 8.02. The first-order valence-corrected chi connectivity index (χ1v) is 12.5. The van der Waals surface area contributed by atoms with Crippen LogP contribution in [0, 0.1) is 0 Å². The summed E-state index contributed by atoms with van der Waals surface area (Å²) >= 11 is 7.75. The first kappa shape index (κ1) is 23.2. The van der Waals surface area contributed by atoms with Crippen molar-refractivity contribution >= 4 is 40.3 Å². The standard InChI is InChI=1S/C25H26ClN3O4S/c1-29-21-19(12-18(23(29)32)22(31)28-13-16-2-4-17(26)5-3-16)27-11-6-20(21)33-15-25(9-10-25)34-24(14-30)7-8-24/h2-6,11-12,30H,7-10,13-15H2,1H3,(H,28,31). The maximum Gasteiger partial charge on any atom is 0.263 e. The van der Waals surface area contributed by atoms with E-state index in [1.165, 1.54) is 10.6 Å². The van der Waals surface area contributed by atoms with Crippen LogP contribution in [-0.2, 0) is 13.6 Å². The molecule has 2 aliphatic rings. The SMILES string of the molecule is Cn1c(=O)c(C(=O)NCc2ccc(Cl)cc2)cc2nccc(OCC3(SC4(CO)CC4)CC3)c21. The van der Waals surface area contributed by atoms with Crippen LogP contribution in [0.3, 0.4) is 0 Å². The monoisotopic (exact) mass is 499 g/mol. The van der Waals surface area contributed by atoms with Gasteiger partial charge in [0.1, 0.15) is 23.4 Å². The summed E-state index contributed by atoms with van der Waals surface area (Å²) in [5.74, 6) is 0.107. The van der Waals surface area contributed by atoms with Crippen LogP contribution >= 0.6 is 23.4 Å². The van der Waals surface area contributed by atoms with Gasteiger partial charge in [0.15, 0.2) is 0 Å². The number of thioether (sulfide) groups is 1. The third-order valence-corrected chi connectivity index (χ3v) is 8.69. The Hall–Kier alpha value is -2.55. The molecule has 0 spiro atoms. The van der Waals surface area contributed by atoms with Gasteiger partial charge in [0.2, 0.25) is 0 Å². The van der Waals surface area contributed by atoms with Crippen molar-refractivity contribution in [1.82, 2.24) is 14.9 Å². The fraction of sp³-hybridized carbons (Fsp3) is 0.400. The number of ether oxygens (including phenoxy) is 1. The van der Waals surface area contributed by atoms with Crippen LogP contribution in [0.5, 0.6) is 5.75 Å². The maximum atomic E-state index is 13.1. The molecule has 0 radical (unpaired) electrons. The normalized spacial score (nSPS) is 17.4. The van der Waals surface area contributed by atoms with Crippen molar-refractivity contribution in [3.8, 4) is 5.75 Å². The van der Waals surface area contributed by atoms with Gasteiger partial charge >= 0.3 is 0 Å². The molecule has 0 aliphatic heterocycles. The van der Waals surface area contributed by atoms with Crippen LogP contribution in [0.15, 0.2) is 47.4 Å². The summed E-state index contributed by atoms with van der Waals surface area (Å²) in [6.45, 7) is 0.994. The minimum absolute atomic E-state index is 0.00129. The summed E-state index contributed by atoms with van der Waals surface area (Å²) in [7, 11) is 1.63. The summed E-state index contributed by atoms with van der Waals surface area (Å²) in [5, 5.41) is 13.1. The molecule has 0 saturated heterocycles. The summed E-state index contributed by atoms with van der Waals surface area (Å²) in [5.41, 5.74) is 1.58. The van der Waals surface area contributed by atoms with Gasteiger partial charge in [0.25, 0.3) is 11.5 Å². The second-order valence-electron chi connectivity index (χ2n) is 9.19. The van der Waals surface area contributed by atoms with E-state index in [1.54, 1.807) is 31.4 Å². The molecule has 0 bridgehead atoms.